The second-order valence-electron chi connectivity index (χ2n) is 6.33. The zero-order chi connectivity index (χ0) is 17.5. The molecule has 24 heavy (non-hydrogen) atoms. The molecule has 1 aromatic rings. The first-order valence-electron chi connectivity index (χ1n) is 7.63. The van der Waals surface area contributed by atoms with Crippen molar-refractivity contribution in [3.8, 4) is 0 Å². The Labute approximate surface area is 145 Å². The number of hydrogen-bond donors (Lipinski definition) is 1. The van der Waals surface area contributed by atoms with Crippen LogP contribution < -0.4 is 5.32 Å². The number of benzene rings is 1. The highest BCUT2D eigenvalue weighted by Gasteiger charge is 2.55. The van der Waals surface area contributed by atoms with Gasteiger partial charge in [0.2, 0.25) is 11.8 Å². The molecule has 1 unspecified atom stereocenters. The maximum absolute atomic E-state index is 13.7. The number of nitrogens with zero attached hydrogens (tertiary/aromatic N) is 1. The average Bonchev–Trinajstić information content (AvgIpc) is 2.87. The summed E-state index contributed by atoms with van der Waals surface area (Å²) >= 11 is 3.20. The maximum Gasteiger partial charge on any atom is 0.413 e. The van der Waals surface area contributed by atoms with Gasteiger partial charge in [0, 0.05) is 24.0 Å². The molecule has 1 aromatic carbocycles. The van der Waals surface area contributed by atoms with Crippen molar-refractivity contribution in [3.63, 3.8) is 0 Å². The van der Waals surface area contributed by atoms with Crippen molar-refractivity contribution in [1.82, 2.24) is 10.2 Å². The number of amides is 2. The van der Waals surface area contributed by atoms with E-state index in [9.17, 15) is 22.8 Å². The van der Waals surface area contributed by atoms with Crippen LogP contribution in [0, 0.1) is 5.41 Å². The lowest BCUT2D eigenvalue weighted by Crippen LogP contribution is -2.53. The van der Waals surface area contributed by atoms with Crippen molar-refractivity contribution >= 4 is 27.7 Å². The minimum atomic E-state index is -4.59. The molecule has 2 amide bonds. The summed E-state index contributed by atoms with van der Waals surface area (Å²) in [6, 6.07) is 3.80. The van der Waals surface area contributed by atoms with E-state index in [0.717, 1.165) is 4.90 Å². The molecule has 0 saturated carbocycles. The molecule has 8 heteroatoms. The molecular formula is C16H16BrF3N2O2. The molecule has 130 valence electrons. The number of rotatable bonds is 2. The lowest BCUT2D eigenvalue weighted by Gasteiger charge is -2.43. The SMILES string of the molecule is O=C1CC2(CCCN([C@@H](c3ccc(Br)cc3)C(F)(F)F)C2=O)CN1. The number of halogens is 4. The third-order valence-corrected chi connectivity index (χ3v) is 5.23. The summed E-state index contributed by atoms with van der Waals surface area (Å²) in [5, 5.41) is 2.58. The van der Waals surface area contributed by atoms with Gasteiger partial charge in [0.15, 0.2) is 6.04 Å². The van der Waals surface area contributed by atoms with Gasteiger partial charge in [-0.15, -0.1) is 0 Å². The van der Waals surface area contributed by atoms with E-state index < -0.39 is 23.5 Å². The van der Waals surface area contributed by atoms with Crippen molar-refractivity contribution in [2.45, 2.75) is 31.5 Å². The second kappa shape index (κ2) is 6.06. The Morgan fingerprint density at radius 1 is 1.21 bits per heavy atom. The van der Waals surface area contributed by atoms with Crippen molar-refractivity contribution in [3.05, 3.63) is 34.3 Å². The van der Waals surface area contributed by atoms with E-state index in [4.69, 9.17) is 0 Å². The standard InChI is InChI=1S/C16H16BrF3N2O2/c17-11-4-2-10(3-5-11)13(16(18,19)20)22-7-1-6-15(14(22)24)8-12(23)21-9-15/h2-5,13H,1,6-9H2,(H,21,23)/t13-,15?/m0/s1. The summed E-state index contributed by atoms with van der Waals surface area (Å²) in [5.74, 6) is -0.866. The summed E-state index contributed by atoms with van der Waals surface area (Å²) in [4.78, 5) is 25.3. The van der Waals surface area contributed by atoms with Crippen LogP contribution in [0.3, 0.4) is 0 Å². The fourth-order valence-corrected chi connectivity index (χ4v) is 3.83. The molecule has 0 radical (unpaired) electrons. The molecule has 2 aliphatic rings. The van der Waals surface area contributed by atoms with E-state index >= 15 is 0 Å². The van der Waals surface area contributed by atoms with Gasteiger partial charge in [-0.25, -0.2) is 0 Å². The van der Waals surface area contributed by atoms with E-state index in [-0.39, 0.29) is 31.0 Å². The topological polar surface area (TPSA) is 49.4 Å². The van der Waals surface area contributed by atoms with Crippen LogP contribution in [0.25, 0.3) is 0 Å². The van der Waals surface area contributed by atoms with Crippen LogP contribution >= 0.6 is 15.9 Å². The normalized spacial score (nSPS) is 25.9. The molecule has 2 heterocycles. The number of piperidine rings is 1. The molecular weight excluding hydrogens is 389 g/mol. The van der Waals surface area contributed by atoms with Crippen molar-refractivity contribution in [1.29, 1.82) is 0 Å². The van der Waals surface area contributed by atoms with Gasteiger partial charge >= 0.3 is 6.18 Å². The first-order valence-corrected chi connectivity index (χ1v) is 8.42. The highest BCUT2D eigenvalue weighted by molar-refractivity contribution is 9.10. The fraction of sp³-hybridized carbons (Fsp3) is 0.500. The Hall–Kier alpha value is -1.57. The van der Waals surface area contributed by atoms with Gasteiger partial charge in [0.1, 0.15) is 0 Å². The molecule has 1 spiro atoms. The quantitative estimate of drug-likeness (QED) is 0.822. The summed E-state index contributed by atoms with van der Waals surface area (Å²) < 4.78 is 41.9. The van der Waals surface area contributed by atoms with Crippen LogP contribution in [0.2, 0.25) is 0 Å². The Balaban J connectivity index is 1.97. The molecule has 2 fully saturated rings. The molecule has 2 saturated heterocycles. The number of likely N-dealkylation sites (tertiary alicyclic amines) is 1. The Bertz CT molecular complexity index is 662. The second-order valence-corrected chi connectivity index (χ2v) is 7.25. The number of nitrogens with one attached hydrogen (secondary N) is 1. The van der Waals surface area contributed by atoms with Gasteiger partial charge in [-0.1, -0.05) is 28.1 Å². The fourth-order valence-electron chi connectivity index (χ4n) is 3.57. The van der Waals surface area contributed by atoms with Crippen molar-refractivity contribution in [2.75, 3.05) is 13.1 Å². The van der Waals surface area contributed by atoms with Crippen LogP contribution in [0.1, 0.15) is 30.9 Å². The van der Waals surface area contributed by atoms with Crippen LogP contribution in [0.15, 0.2) is 28.7 Å². The van der Waals surface area contributed by atoms with Crippen molar-refractivity contribution in [2.24, 2.45) is 5.41 Å². The maximum atomic E-state index is 13.7. The first kappa shape index (κ1) is 17.3. The first-order chi connectivity index (χ1) is 11.2. The van der Waals surface area contributed by atoms with Crippen molar-refractivity contribution < 1.29 is 22.8 Å². The van der Waals surface area contributed by atoms with E-state index in [1.807, 2.05) is 0 Å². The van der Waals surface area contributed by atoms with Gasteiger partial charge in [-0.2, -0.15) is 13.2 Å². The third-order valence-electron chi connectivity index (χ3n) is 4.70. The number of alkyl halides is 3. The molecule has 0 aliphatic carbocycles. The highest BCUT2D eigenvalue weighted by atomic mass is 79.9. The molecule has 2 aliphatic heterocycles. The smallest absolute Gasteiger partial charge is 0.355 e. The van der Waals surface area contributed by atoms with E-state index in [0.29, 0.717) is 17.3 Å². The summed E-state index contributed by atoms with van der Waals surface area (Å²) in [7, 11) is 0. The molecule has 1 N–H and O–H groups in total. The average molecular weight is 405 g/mol. The molecule has 0 bridgehead atoms. The van der Waals surface area contributed by atoms with E-state index in [2.05, 4.69) is 21.2 Å². The molecule has 2 atom stereocenters. The van der Waals surface area contributed by atoms with Gasteiger partial charge in [-0.3, -0.25) is 9.59 Å². The zero-order valence-corrected chi connectivity index (χ0v) is 14.3. The minimum Gasteiger partial charge on any atom is -0.355 e. The minimum absolute atomic E-state index is 0.0217. The third kappa shape index (κ3) is 3.03. The zero-order valence-electron chi connectivity index (χ0n) is 12.7. The summed E-state index contributed by atoms with van der Waals surface area (Å²) in [6.45, 7) is 0.154. The highest BCUT2D eigenvalue weighted by Crippen LogP contribution is 2.45. The Kier molecular flexibility index (Phi) is 4.36. The summed E-state index contributed by atoms with van der Waals surface area (Å²) in [5.41, 5.74) is -1.01. The van der Waals surface area contributed by atoms with Crippen LogP contribution in [-0.2, 0) is 9.59 Å². The number of hydrogen-bond acceptors (Lipinski definition) is 2. The van der Waals surface area contributed by atoms with E-state index in [1.165, 1.54) is 24.3 Å². The Morgan fingerprint density at radius 2 is 1.88 bits per heavy atom. The van der Waals surface area contributed by atoms with Crippen LogP contribution in [0.5, 0.6) is 0 Å². The van der Waals surface area contributed by atoms with Gasteiger partial charge in [0.25, 0.3) is 0 Å². The van der Waals surface area contributed by atoms with Crippen LogP contribution in [0.4, 0.5) is 13.2 Å². The van der Waals surface area contributed by atoms with Gasteiger partial charge < -0.3 is 10.2 Å². The Morgan fingerprint density at radius 3 is 2.42 bits per heavy atom. The molecule has 4 nitrogen and oxygen atoms in total. The largest absolute Gasteiger partial charge is 0.413 e. The predicted molar refractivity (Wildman–Crippen MR) is 83.9 cm³/mol. The van der Waals surface area contributed by atoms with Gasteiger partial charge in [-0.05, 0) is 30.5 Å². The molecule has 3 rings (SSSR count). The number of carbonyl (C=O) groups excluding carboxylic acids is 2. The predicted octanol–water partition coefficient (Wildman–Crippen LogP) is 3.18. The lowest BCUT2D eigenvalue weighted by molar-refractivity contribution is -0.199. The number of carbonyl (C=O) groups is 2. The van der Waals surface area contributed by atoms with Crippen LogP contribution in [-0.4, -0.2) is 36.0 Å². The van der Waals surface area contributed by atoms with Gasteiger partial charge in [0.05, 0.1) is 5.41 Å². The lowest BCUT2D eigenvalue weighted by atomic mass is 9.77. The van der Waals surface area contributed by atoms with E-state index in [1.54, 1.807) is 0 Å². The molecule has 0 aromatic heterocycles. The monoisotopic (exact) mass is 404 g/mol. The summed E-state index contributed by atoms with van der Waals surface area (Å²) in [6.07, 6.45) is -3.74.